The summed E-state index contributed by atoms with van der Waals surface area (Å²) in [6, 6.07) is 13.7. The smallest absolute Gasteiger partial charge is 0.418 e. The maximum Gasteiger partial charge on any atom is 0.418 e. The third-order valence-corrected chi connectivity index (χ3v) is 5.24. The average molecular weight is 482 g/mol. The molecule has 0 fully saturated rings. The summed E-state index contributed by atoms with van der Waals surface area (Å²) >= 11 is 0. The van der Waals surface area contributed by atoms with Gasteiger partial charge in [-0.15, -0.1) is 0 Å². The number of anilines is 2. The number of rotatable bonds is 5. The average Bonchev–Trinajstić information content (AvgIpc) is 2.80. The zero-order valence-electron chi connectivity index (χ0n) is 18.8. The van der Waals surface area contributed by atoms with Crippen molar-refractivity contribution in [1.82, 2.24) is 9.38 Å². The molecule has 0 aliphatic carbocycles. The van der Waals surface area contributed by atoms with Gasteiger partial charge in [-0.25, -0.2) is 9.78 Å². The number of nitrogens with zero attached hydrogens (tertiary/aromatic N) is 2. The van der Waals surface area contributed by atoms with Crippen LogP contribution in [-0.4, -0.2) is 15.4 Å². The predicted octanol–water partition coefficient (Wildman–Crippen LogP) is 5.55. The first kappa shape index (κ1) is 23.8. The number of halogens is 3. The number of para-hydroxylation sites is 1. The molecular weight excluding hydrogens is 461 g/mol. The minimum absolute atomic E-state index is 0.00945. The van der Waals surface area contributed by atoms with Crippen LogP contribution in [0.4, 0.5) is 29.3 Å². The molecular formula is C25H21F3N4O3. The Kier molecular flexibility index (Phi) is 6.46. The molecule has 2 aromatic carbocycles. The van der Waals surface area contributed by atoms with Gasteiger partial charge in [0.15, 0.2) is 0 Å². The van der Waals surface area contributed by atoms with E-state index in [2.05, 4.69) is 15.6 Å². The van der Waals surface area contributed by atoms with E-state index in [1.54, 1.807) is 37.4 Å². The summed E-state index contributed by atoms with van der Waals surface area (Å²) in [5.41, 5.74) is 1.33. The summed E-state index contributed by atoms with van der Waals surface area (Å²) in [6.45, 7) is 3.66. The topological polar surface area (TPSA) is 84.7 Å². The SMILES string of the molecule is Cc1ccc(NC(=O)Nc2ccccc2C(F)(F)F)cc1OCc1cc(=O)n2cccc(C)c2n1. The fraction of sp³-hybridized carbons (Fsp3) is 0.160. The van der Waals surface area contributed by atoms with Crippen LogP contribution in [0.5, 0.6) is 5.75 Å². The van der Waals surface area contributed by atoms with Gasteiger partial charge in [0.25, 0.3) is 5.56 Å². The molecule has 2 heterocycles. The van der Waals surface area contributed by atoms with Gasteiger partial charge >= 0.3 is 12.2 Å². The fourth-order valence-corrected chi connectivity index (χ4v) is 3.49. The van der Waals surface area contributed by atoms with E-state index in [9.17, 15) is 22.8 Å². The molecule has 10 heteroatoms. The van der Waals surface area contributed by atoms with Crippen LogP contribution in [-0.2, 0) is 12.8 Å². The molecule has 4 rings (SSSR count). The molecule has 0 saturated carbocycles. The Labute approximate surface area is 198 Å². The van der Waals surface area contributed by atoms with Gasteiger partial charge in [0.05, 0.1) is 16.9 Å². The standard InChI is InChI=1S/C25H21F3N4O3/c1-15-9-10-17(30-24(34)31-20-8-4-3-7-19(20)25(26,27)28)12-21(15)35-14-18-13-22(33)32-11-5-6-16(2)23(32)29-18/h3-13H,14H2,1-2H3,(H2,30,31,34). The lowest BCUT2D eigenvalue weighted by Gasteiger charge is -2.15. The van der Waals surface area contributed by atoms with Crippen molar-refractivity contribution in [1.29, 1.82) is 0 Å². The second-order valence-electron chi connectivity index (χ2n) is 7.86. The van der Waals surface area contributed by atoms with Gasteiger partial charge in [-0.2, -0.15) is 13.2 Å². The Balaban J connectivity index is 1.48. The van der Waals surface area contributed by atoms with Gasteiger partial charge in [0, 0.05) is 24.0 Å². The number of urea groups is 1. The maximum absolute atomic E-state index is 13.2. The summed E-state index contributed by atoms with van der Waals surface area (Å²) < 4.78 is 46.8. The monoisotopic (exact) mass is 482 g/mol. The number of amides is 2. The number of hydrogen-bond acceptors (Lipinski definition) is 4. The highest BCUT2D eigenvalue weighted by atomic mass is 19.4. The summed E-state index contributed by atoms with van der Waals surface area (Å²) in [4.78, 5) is 29.2. The van der Waals surface area contributed by atoms with Gasteiger partial charge in [-0.1, -0.05) is 24.3 Å². The van der Waals surface area contributed by atoms with Crippen molar-refractivity contribution in [3.05, 3.63) is 99.6 Å². The molecule has 0 unspecified atom stereocenters. The number of fused-ring (bicyclic) bond motifs is 1. The van der Waals surface area contributed by atoms with Crippen molar-refractivity contribution >= 4 is 23.1 Å². The predicted molar refractivity (Wildman–Crippen MR) is 126 cm³/mol. The summed E-state index contributed by atoms with van der Waals surface area (Å²) in [7, 11) is 0. The molecule has 0 spiro atoms. The van der Waals surface area contributed by atoms with Gasteiger partial charge in [-0.3, -0.25) is 9.20 Å². The number of aryl methyl sites for hydroxylation is 2. The zero-order valence-corrected chi connectivity index (χ0v) is 18.8. The second kappa shape index (κ2) is 9.49. The number of benzene rings is 2. The lowest BCUT2D eigenvalue weighted by Crippen LogP contribution is -2.22. The fourth-order valence-electron chi connectivity index (χ4n) is 3.49. The second-order valence-corrected chi connectivity index (χ2v) is 7.86. The molecule has 2 N–H and O–H groups in total. The highest BCUT2D eigenvalue weighted by Crippen LogP contribution is 2.34. The number of aromatic nitrogens is 2. The Morgan fingerprint density at radius 2 is 1.77 bits per heavy atom. The highest BCUT2D eigenvalue weighted by Gasteiger charge is 2.33. The molecule has 2 aromatic heterocycles. The Morgan fingerprint density at radius 1 is 1.00 bits per heavy atom. The molecule has 0 bridgehead atoms. The number of nitrogens with one attached hydrogen (secondary N) is 2. The van der Waals surface area contributed by atoms with Gasteiger partial charge < -0.3 is 15.4 Å². The molecule has 4 aromatic rings. The van der Waals surface area contributed by atoms with Crippen molar-refractivity contribution in [2.24, 2.45) is 0 Å². The van der Waals surface area contributed by atoms with Gasteiger partial charge in [0.2, 0.25) is 0 Å². The first-order valence-corrected chi connectivity index (χ1v) is 10.6. The van der Waals surface area contributed by atoms with Crippen molar-refractivity contribution in [2.75, 3.05) is 10.6 Å². The summed E-state index contributed by atoms with van der Waals surface area (Å²) in [5.74, 6) is 0.422. The van der Waals surface area contributed by atoms with Crippen molar-refractivity contribution in [2.45, 2.75) is 26.6 Å². The van der Waals surface area contributed by atoms with Crippen LogP contribution >= 0.6 is 0 Å². The van der Waals surface area contributed by atoms with Gasteiger partial charge in [-0.05, 0) is 49.2 Å². The summed E-state index contributed by atoms with van der Waals surface area (Å²) in [5, 5.41) is 4.74. The number of hydrogen-bond donors (Lipinski definition) is 2. The minimum atomic E-state index is -4.60. The van der Waals surface area contributed by atoms with E-state index < -0.39 is 17.8 Å². The maximum atomic E-state index is 13.2. The largest absolute Gasteiger partial charge is 0.487 e. The van der Waals surface area contributed by atoms with Crippen LogP contribution in [0.2, 0.25) is 0 Å². The number of alkyl halides is 3. The van der Waals surface area contributed by atoms with E-state index in [1.807, 2.05) is 13.0 Å². The molecule has 35 heavy (non-hydrogen) atoms. The molecule has 0 atom stereocenters. The van der Waals surface area contributed by atoms with Crippen LogP contribution in [0.1, 0.15) is 22.4 Å². The number of carbonyl (C=O) groups is 1. The van der Waals surface area contributed by atoms with E-state index in [0.29, 0.717) is 22.8 Å². The number of pyridine rings is 1. The van der Waals surface area contributed by atoms with E-state index in [-0.39, 0.29) is 17.9 Å². The Hall–Kier alpha value is -4.34. The summed E-state index contributed by atoms with van der Waals surface area (Å²) in [6.07, 6.45) is -2.97. The van der Waals surface area contributed by atoms with Gasteiger partial charge in [0.1, 0.15) is 18.0 Å². The lowest BCUT2D eigenvalue weighted by molar-refractivity contribution is -0.136. The van der Waals surface area contributed by atoms with Crippen LogP contribution in [0.3, 0.4) is 0 Å². The lowest BCUT2D eigenvalue weighted by atomic mass is 10.1. The Bertz CT molecular complexity index is 1460. The quantitative estimate of drug-likeness (QED) is 0.391. The molecule has 0 aliphatic rings. The van der Waals surface area contributed by atoms with Crippen molar-refractivity contribution in [3.63, 3.8) is 0 Å². The molecule has 180 valence electrons. The molecule has 2 amide bonds. The number of carbonyl (C=O) groups excluding carboxylic acids is 1. The van der Waals surface area contributed by atoms with E-state index in [0.717, 1.165) is 17.2 Å². The number of ether oxygens (including phenoxy) is 1. The van der Waals surface area contributed by atoms with Crippen LogP contribution in [0.15, 0.2) is 71.7 Å². The van der Waals surface area contributed by atoms with E-state index in [4.69, 9.17) is 4.74 Å². The van der Waals surface area contributed by atoms with Crippen molar-refractivity contribution < 1.29 is 22.7 Å². The first-order valence-electron chi connectivity index (χ1n) is 10.6. The molecule has 0 radical (unpaired) electrons. The first-order chi connectivity index (χ1) is 16.6. The van der Waals surface area contributed by atoms with Crippen LogP contribution in [0.25, 0.3) is 5.65 Å². The molecule has 0 saturated heterocycles. The normalized spacial score (nSPS) is 11.3. The van der Waals surface area contributed by atoms with Crippen LogP contribution < -0.4 is 20.9 Å². The zero-order chi connectivity index (χ0) is 25.2. The van der Waals surface area contributed by atoms with E-state index in [1.165, 1.54) is 28.7 Å². The third kappa shape index (κ3) is 5.43. The van der Waals surface area contributed by atoms with Crippen molar-refractivity contribution in [3.8, 4) is 5.75 Å². The highest BCUT2D eigenvalue weighted by molar-refractivity contribution is 6.00. The minimum Gasteiger partial charge on any atom is -0.487 e. The third-order valence-electron chi connectivity index (χ3n) is 5.24. The molecule has 7 nitrogen and oxygen atoms in total. The Morgan fingerprint density at radius 3 is 2.54 bits per heavy atom. The van der Waals surface area contributed by atoms with Crippen LogP contribution in [0, 0.1) is 13.8 Å². The van der Waals surface area contributed by atoms with E-state index >= 15 is 0 Å². The molecule has 0 aliphatic heterocycles.